The molecule has 1 aliphatic rings. The molecule has 0 bridgehead atoms. The predicted octanol–water partition coefficient (Wildman–Crippen LogP) is 2.95. The van der Waals surface area contributed by atoms with Gasteiger partial charge in [0.2, 0.25) is 5.88 Å². The SMILES string of the molecule is O=c1n2c(c(O)n1-c1cccc(Cl)c1)Cc1ccccc1C2. The third-order valence-electron chi connectivity index (χ3n) is 4.09. The zero-order chi connectivity index (χ0) is 15.3. The molecule has 0 saturated heterocycles. The molecule has 0 unspecified atom stereocenters. The molecule has 0 saturated carbocycles. The summed E-state index contributed by atoms with van der Waals surface area (Å²) in [6, 6.07) is 14.9. The molecule has 2 heterocycles. The van der Waals surface area contributed by atoms with Crippen LogP contribution in [0.15, 0.2) is 53.3 Å². The average Bonchev–Trinajstić information content (AvgIpc) is 2.76. The van der Waals surface area contributed by atoms with E-state index in [2.05, 4.69) is 0 Å². The minimum atomic E-state index is -0.246. The number of hydrogen-bond acceptors (Lipinski definition) is 2. The van der Waals surface area contributed by atoms with E-state index in [-0.39, 0.29) is 11.6 Å². The van der Waals surface area contributed by atoms with E-state index in [1.807, 2.05) is 24.3 Å². The van der Waals surface area contributed by atoms with Gasteiger partial charge in [-0.05, 0) is 29.3 Å². The maximum absolute atomic E-state index is 12.7. The Morgan fingerprint density at radius 3 is 2.59 bits per heavy atom. The van der Waals surface area contributed by atoms with Gasteiger partial charge in [0.05, 0.1) is 17.9 Å². The van der Waals surface area contributed by atoms with E-state index in [0.29, 0.717) is 29.4 Å². The van der Waals surface area contributed by atoms with Gasteiger partial charge in [-0.15, -0.1) is 0 Å². The van der Waals surface area contributed by atoms with Gasteiger partial charge in [-0.2, -0.15) is 0 Å². The van der Waals surface area contributed by atoms with Crippen LogP contribution in [0.5, 0.6) is 5.88 Å². The maximum atomic E-state index is 12.7. The van der Waals surface area contributed by atoms with E-state index in [9.17, 15) is 9.90 Å². The van der Waals surface area contributed by atoms with Crippen LogP contribution in [0.3, 0.4) is 0 Å². The van der Waals surface area contributed by atoms with Crippen LogP contribution in [0.2, 0.25) is 5.02 Å². The van der Waals surface area contributed by atoms with E-state index < -0.39 is 0 Å². The second-order valence-corrected chi connectivity index (χ2v) is 5.84. The Hall–Kier alpha value is -2.46. The van der Waals surface area contributed by atoms with Crippen LogP contribution >= 0.6 is 11.6 Å². The molecule has 5 heteroatoms. The lowest BCUT2D eigenvalue weighted by Gasteiger charge is -2.17. The number of benzene rings is 2. The van der Waals surface area contributed by atoms with Gasteiger partial charge >= 0.3 is 5.69 Å². The van der Waals surface area contributed by atoms with Gasteiger partial charge in [0.25, 0.3) is 0 Å². The topological polar surface area (TPSA) is 47.2 Å². The summed E-state index contributed by atoms with van der Waals surface area (Å²) in [4.78, 5) is 12.7. The molecule has 0 radical (unpaired) electrons. The van der Waals surface area contributed by atoms with Crippen LogP contribution in [-0.4, -0.2) is 14.2 Å². The number of aromatic nitrogens is 2. The van der Waals surface area contributed by atoms with E-state index in [0.717, 1.165) is 11.1 Å². The lowest BCUT2D eigenvalue weighted by molar-refractivity contribution is 0.434. The van der Waals surface area contributed by atoms with E-state index in [1.54, 1.807) is 28.8 Å². The van der Waals surface area contributed by atoms with E-state index in [1.165, 1.54) is 4.57 Å². The first-order chi connectivity index (χ1) is 10.6. The molecule has 3 aromatic rings. The third kappa shape index (κ3) is 1.88. The highest BCUT2D eigenvalue weighted by atomic mass is 35.5. The van der Waals surface area contributed by atoms with Gasteiger partial charge in [0, 0.05) is 11.4 Å². The number of hydrogen-bond donors (Lipinski definition) is 1. The Labute approximate surface area is 131 Å². The maximum Gasteiger partial charge on any atom is 0.336 e. The molecule has 1 aromatic heterocycles. The second-order valence-electron chi connectivity index (χ2n) is 5.40. The Bertz CT molecular complexity index is 940. The van der Waals surface area contributed by atoms with Crippen LogP contribution in [0, 0.1) is 0 Å². The average molecular weight is 313 g/mol. The van der Waals surface area contributed by atoms with Crippen molar-refractivity contribution in [2.75, 3.05) is 0 Å². The molecule has 22 heavy (non-hydrogen) atoms. The number of imidazole rings is 1. The van der Waals surface area contributed by atoms with Crippen molar-refractivity contribution in [3.63, 3.8) is 0 Å². The summed E-state index contributed by atoms with van der Waals surface area (Å²) in [5.41, 5.74) is 3.22. The first-order valence-corrected chi connectivity index (χ1v) is 7.39. The molecule has 0 fully saturated rings. The second kappa shape index (κ2) is 4.78. The molecule has 0 amide bonds. The first-order valence-electron chi connectivity index (χ1n) is 7.01. The largest absolute Gasteiger partial charge is 0.493 e. The number of fused-ring (bicyclic) bond motifs is 2. The number of nitrogens with zero attached hydrogens (tertiary/aromatic N) is 2. The molecule has 1 N–H and O–H groups in total. The highest BCUT2D eigenvalue weighted by Crippen LogP contribution is 2.29. The van der Waals surface area contributed by atoms with Crippen molar-refractivity contribution in [1.82, 2.24) is 9.13 Å². The zero-order valence-corrected chi connectivity index (χ0v) is 12.4. The summed E-state index contributed by atoms with van der Waals surface area (Å²) in [6.07, 6.45) is 0.546. The normalized spacial score (nSPS) is 12.8. The minimum absolute atomic E-state index is 0.0123. The lowest BCUT2D eigenvalue weighted by Crippen LogP contribution is -2.27. The fourth-order valence-corrected chi connectivity index (χ4v) is 3.18. The molecular formula is C17H13ClN2O2. The van der Waals surface area contributed by atoms with E-state index in [4.69, 9.17) is 11.6 Å². The summed E-state index contributed by atoms with van der Waals surface area (Å²) in [5.74, 6) is -0.0123. The van der Waals surface area contributed by atoms with Gasteiger partial charge in [0.15, 0.2) is 0 Å². The molecule has 0 spiro atoms. The van der Waals surface area contributed by atoms with Crippen molar-refractivity contribution in [2.24, 2.45) is 0 Å². The number of halogens is 1. The van der Waals surface area contributed by atoms with Gasteiger partial charge in [0.1, 0.15) is 0 Å². The molecule has 0 aliphatic carbocycles. The monoisotopic (exact) mass is 312 g/mol. The van der Waals surface area contributed by atoms with Gasteiger partial charge in [-0.3, -0.25) is 4.57 Å². The Kier molecular flexibility index (Phi) is 2.87. The highest BCUT2D eigenvalue weighted by Gasteiger charge is 2.25. The molecule has 1 aliphatic heterocycles. The quantitative estimate of drug-likeness (QED) is 0.587. The molecule has 4 rings (SSSR count). The summed E-state index contributed by atoms with van der Waals surface area (Å²) in [5, 5.41) is 11.0. The fraction of sp³-hybridized carbons (Fsp3) is 0.118. The molecule has 0 atom stereocenters. The predicted molar refractivity (Wildman–Crippen MR) is 85.1 cm³/mol. The van der Waals surface area contributed by atoms with Crippen LogP contribution < -0.4 is 5.69 Å². The summed E-state index contributed by atoms with van der Waals surface area (Å²) >= 11 is 6.00. The molecular weight excluding hydrogens is 300 g/mol. The Morgan fingerprint density at radius 1 is 1.05 bits per heavy atom. The smallest absolute Gasteiger partial charge is 0.336 e. The van der Waals surface area contributed by atoms with Crippen LogP contribution in [0.4, 0.5) is 0 Å². The van der Waals surface area contributed by atoms with Crippen molar-refractivity contribution < 1.29 is 5.11 Å². The molecule has 4 nitrogen and oxygen atoms in total. The van der Waals surface area contributed by atoms with E-state index >= 15 is 0 Å². The number of rotatable bonds is 1. The van der Waals surface area contributed by atoms with Crippen molar-refractivity contribution >= 4 is 11.6 Å². The summed E-state index contributed by atoms with van der Waals surface area (Å²) in [7, 11) is 0. The zero-order valence-electron chi connectivity index (χ0n) is 11.7. The molecule has 2 aromatic carbocycles. The van der Waals surface area contributed by atoms with Crippen molar-refractivity contribution in [3.05, 3.63) is 80.9 Å². The minimum Gasteiger partial charge on any atom is -0.493 e. The van der Waals surface area contributed by atoms with Crippen LogP contribution in [0.1, 0.15) is 16.8 Å². The van der Waals surface area contributed by atoms with Gasteiger partial charge in [-0.1, -0.05) is 41.9 Å². The van der Waals surface area contributed by atoms with Crippen molar-refractivity contribution in [3.8, 4) is 11.6 Å². The third-order valence-corrected chi connectivity index (χ3v) is 4.32. The lowest BCUT2D eigenvalue weighted by atomic mass is 9.99. The summed E-state index contributed by atoms with van der Waals surface area (Å²) in [6.45, 7) is 0.478. The van der Waals surface area contributed by atoms with Crippen molar-refractivity contribution in [2.45, 2.75) is 13.0 Å². The highest BCUT2D eigenvalue weighted by molar-refractivity contribution is 6.30. The summed E-state index contributed by atoms with van der Waals surface area (Å²) < 4.78 is 2.94. The molecule has 110 valence electrons. The number of aromatic hydroxyl groups is 1. The van der Waals surface area contributed by atoms with Crippen LogP contribution in [-0.2, 0) is 13.0 Å². The Morgan fingerprint density at radius 2 is 1.82 bits per heavy atom. The first kappa shape index (κ1) is 13.2. The fourth-order valence-electron chi connectivity index (χ4n) is 3.00. The van der Waals surface area contributed by atoms with Gasteiger partial charge < -0.3 is 5.11 Å². The standard InChI is InChI=1S/C17H13ClN2O2/c18-13-6-3-7-14(9-13)20-16(21)15-8-11-4-1-2-5-12(11)10-19(15)17(20)22/h1-7,9,21H,8,10H2. The Balaban J connectivity index is 1.92. The van der Waals surface area contributed by atoms with Gasteiger partial charge in [-0.25, -0.2) is 9.36 Å². The van der Waals surface area contributed by atoms with Crippen LogP contribution in [0.25, 0.3) is 5.69 Å². The van der Waals surface area contributed by atoms with Crippen molar-refractivity contribution in [1.29, 1.82) is 0 Å².